The Kier molecular flexibility index (Phi) is 8.15. The summed E-state index contributed by atoms with van der Waals surface area (Å²) in [5.74, 6) is -0.597. The number of carbonyl (C=O) groups is 2. The molecule has 1 fully saturated rings. The number of nitrogens with zero attached hydrogens (tertiary/aromatic N) is 2. The number of amides is 2. The van der Waals surface area contributed by atoms with Gasteiger partial charge < -0.3 is 20.4 Å². The van der Waals surface area contributed by atoms with Gasteiger partial charge in [0.1, 0.15) is 6.04 Å². The molecule has 2 N–H and O–H groups in total. The van der Waals surface area contributed by atoms with Gasteiger partial charge in [0.2, 0.25) is 5.91 Å². The fraction of sp³-hybridized carbons (Fsp3) is 0.440. The Morgan fingerprint density at radius 1 is 1.03 bits per heavy atom. The van der Waals surface area contributed by atoms with E-state index in [0.29, 0.717) is 10.6 Å². The smallest absolute Gasteiger partial charge is 0.251 e. The molecule has 6 nitrogen and oxygen atoms in total. The van der Waals surface area contributed by atoms with Gasteiger partial charge in [-0.2, -0.15) is 0 Å². The molecule has 0 aromatic heterocycles. The maximum absolute atomic E-state index is 13.0. The van der Waals surface area contributed by atoms with Gasteiger partial charge in [-0.3, -0.25) is 9.59 Å². The van der Waals surface area contributed by atoms with Gasteiger partial charge in [0.15, 0.2) is 0 Å². The molecule has 2 amide bonds. The Morgan fingerprint density at radius 2 is 1.69 bits per heavy atom. The molecule has 0 aliphatic carbocycles. The van der Waals surface area contributed by atoms with Gasteiger partial charge in [-0.05, 0) is 67.4 Å². The first-order valence-electron chi connectivity index (χ1n) is 11.2. The van der Waals surface area contributed by atoms with Crippen LogP contribution in [0.3, 0.4) is 0 Å². The van der Waals surface area contributed by atoms with Crippen molar-refractivity contribution in [3.8, 4) is 0 Å². The maximum atomic E-state index is 13.0. The highest BCUT2D eigenvalue weighted by atomic mass is 35.5. The molecule has 0 unspecified atom stereocenters. The number of carbonyl (C=O) groups excluding carboxylic acids is 2. The predicted molar refractivity (Wildman–Crippen MR) is 132 cm³/mol. The highest BCUT2D eigenvalue weighted by molar-refractivity contribution is 6.30. The average Bonchev–Trinajstić information content (AvgIpc) is 2.77. The fourth-order valence-electron chi connectivity index (χ4n) is 3.97. The molecule has 2 aromatic rings. The van der Waals surface area contributed by atoms with E-state index in [9.17, 15) is 9.59 Å². The van der Waals surface area contributed by atoms with Crippen LogP contribution in [0.25, 0.3) is 0 Å². The van der Waals surface area contributed by atoms with Crippen molar-refractivity contribution >= 4 is 34.8 Å². The lowest BCUT2D eigenvalue weighted by molar-refractivity contribution is -0.118. The van der Waals surface area contributed by atoms with Crippen LogP contribution in [0.4, 0.5) is 11.4 Å². The first kappa shape index (κ1) is 24.1. The van der Waals surface area contributed by atoms with E-state index >= 15 is 0 Å². The lowest BCUT2D eigenvalue weighted by Crippen LogP contribution is -2.47. The summed E-state index contributed by atoms with van der Waals surface area (Å²) in [6.45, 7) is 13.3. The van der Waals surface area contributed by atoms with Gasteiger partial charge >= 0.3 is 0 Å². The molecule has 7 heteroatoms. The number of hydrogen-bond donors (Lipinski definition) is 2. The summed E-state index contributed by atoms with van der Waals surface area (Å²) in [6, 6.07) is 12.0. The molecule has 3 rings (SSSR count). The summed E-state index contributed by atoms with van der Waals surface area (Å²) in [6.07, 6.45) is 0. The third-order valence-electron chi connectivity index (χ3n) is 5.97. The van der Waals surface area contributed by atoms with E-state index in [4.69, 9.17) is 11.6 Å². The second-order valence-corrected chi connectivity index (χ2v) is 9.05. The van der Waals surface area contributed by atoms with Gasteiger partial charge in [0.05, 0.1) is 0 Å². The zero-order valence-electron chi connectivity index (χ0n) is 19.3. The lowest BCUT2D eigenvalue weighted by atomic mass is 10.0. The molecule has 1 atom stereocenters. The first-order chi connectivity index (χ1) is 15.3. The van der Waals surface area contributed by atoms with Crippen LogP contribution in [0.5, 0.6) is 0 Å². The van der Waals surface area contributed by atoms with Crippen molar-refractivity contribution < 1.29 is 9.59 Å². The second kappa shape index (κ2) is 10.8. The van der Waals surface area contributed by atoms with Crippen LogP contribution in [0.15, 0.2) is 42.5 Å². The van der Waals surface area contributed by atoms with Crippen LogP contribution in [0, 0.1) is 12.8 Å². The van der Waals surface area contributed by atoms with Crippen LogP contribution in [0.1, 0.15) is 36.7 Å². The third kappa shape index (κ3) is 6.02. The molecule has 2 aromatic carbocycles. The van der Waals surface area contributed by atoms with E-state index in [1.54, 1.807) is 24.3 Å². The Morgan fingerprint density at radius 3 is 2.25 bits per heavy atom. The van der Waals surface area contributed by atoms with Crippen molar-refractivity contribution in [2.75, 3.05) is 42.9 Å². The number of nitrogens with one attached hydrogen (secondary N) is 2. The maximum Gasteiger partial charge on any atom is 0.251 e. The van der Waals surface area contributed by atoms with E-state index in [1.165, 1.54) is 5.69 Å². The molecular weight excluding hydrogens is 424 g/mol. The SMILES string of the molecule is CCN1CCN(c2ccc(NC(=O)[C@H](NC(=O)c3ccc(Cl)cc3)C(C)C)cc2C)CC1. The molecule has 1 aliphatic heterocycles. The van der Waals surface area contributed by atoms with Crippen LogP contribution >= 0.6 is 11.6 Å². The molecule has 0 radical (unpaired) electrons. The lowest BCUT2D eigenvalue weighted by Gasteiger charge is -2.36. The highest BCUT2D eigenvalue weighted by Gasteiger charge is 2.25. The van der Waals surface area contributed by atoms with Gasteiger partial charge in [0, 0.05) is 48.1 Å². The number of benzene rings is 2. The summed E-state index contributed by atoms with van der Waals surface area (Å²) < 4.78 is 0. The van der Waals surface area contributed by atoms with Crippen molar-refractivity contribution in [1.29, 1.82) is 0 Å². The van der Waals surface area contributed by atoms with Crippen molar-refractivity contribution in [3.63, 3.8) is 0 Å². The van der Waals surface area contributed by atoms with Crippen molar-refractivity contribution in [1.82, 2.24) is 10.2 Å². The standard InChI is InChI=1S/C25H33ClN4O2/c1-5-29-12-14-30(15-13-29)22-11-10-21(16-18(22)4)27-25(32)23(17(2)3)28-24(31)19-6-8-20(26)9-7-19/h6-11,16-17,23H,5,12-15H2,1-4H3,(H,27,32)(H,28,31)/t23-/m1/s1. The average molecular weight is 457 g/mol. The Labute approximate surface area is 195 Å². The zero-order valence-corrected chi connectivity index (χ0v) is 20.1. The minimum absolute atomic E-state index is 0.0681. The quantitative estimate of drug-likeness (QED) is 0.655. The summed E-state index contributed by atoms with van der Waals surface area (Å²) >= 11 is 5.90. The monoisotopic (exact) mass is 456 g/mol. The van der Waals surface area contributed by atoms with Gasteiger partial charge in [0.25, 0.3) is 5.91 Å². The molecule has 32 heavy (non-hydrogen) atoms. The van der Waals surface area contributed by atoms with Gasteiger partial charge in [-0.15, -0.1) is 0 Å². The Hall–Kier alpha value is -2.57. The van der Waals surface area contributed by atoms with E-state index in [1.807, 2.05) is 26.0 Å². The summed E-state index contributed by atoms with van der Waals surface area (Å²) in [7, 11) is 0. The van der Waals surface area contributed by atoms with E-state index in [2.05, 4.69) is 40.3 Å². The highest BCUT2D eigenvalue weighted by Crippen LogP contribution is 2.25. The third-order valence-corrected chi connectivity index (χ3v) is 6.22. The molecule has 1 saturated heterocycles. The van der Waals surface area contributed by atoms with E-state index < -0.39 is 6.04 Å². The molecule has 1 heterocycles. The van der Waals surface area contributed by atoms with Gasteiger partial charge in [-0.1, -0.05) is 32.4 Å². The second-order valence-electron chi connectivity index (χ2n) is 8.61. The number of likely N-dealkylation sites (N-methyl/N-ethyl adjacent to an activating group) is 1. The normalized spacial score (nSPS) is 15.5. The number of anilines is 2. The van der Waals surface area contributed by atoms with Crippen LogP contribution < -0.4 is 15.5 Å². The topological polar surface area (TPSA) is 64.7 Å². The molecule has 0 bridgehead atoms. The number of halogens is 1. The molecule has 1 aliphatic rings. The number of hydrogen-bond acceptors (Lipinski definition) is 4. The molecule has 0 saturated carbocycles. The summed E-state index contributed by atoms with van der Waals surface area (Å²) in [5, 5.41) is 6.39. The Balaban J connectivity index is 1.65. The summed E-state index contributed by atoms with van der Waals surface area (Å²) in [5.41, 5.74) is 3.53. The zero-order chi connectivity index (χ0) is 23.3. The van der Waals surface area contributed by atoms with E-state index in [-0.39, 0.29) is 17.7 Å². The molecular formula is C25H33ClN4O2. The van der Waals surface area contributed by atoms with Crippen LogP contribution in [0.2, 0.25) is 5.02 Å². The van der Waals surface area contributed by atoms with Crippen molar-refractivity contribution in [2.45, 2.75) is 33.7 Å². The predicted octanol–water partition coefficient (Wildman–Crippen LogP) is 4.18. The van der Waals surface area contributed by atoms with Crippen molar-refractivity contribution in [3.05, 3.63) is 58.6 Å². The number of aryl methyl sites for hydroxylation is 1. The number of rotatable bonds is 7. The summed E-state index contributed by atoms with van der Waals surface area (Å²) in [4.78, 5) is 30.4. The van der Waals surface area contributed by atoms with Crippen molar-refractivity contribution in [2.24, 2.45) is 5.92 Å². The van der Waals surface area contributed by atoms with Crippen LogP contribution in [-0.4, -0.2) is 55.5 Å². The first-order valence-corrected chi connectivity index (χ1v) is 11.6. The minimum Gasteiger partial charge on any atom is -0.369 e. The molecule has 172 valence electrons. The largest absolute Gasteiger partial charge is 0.369 e. The molecule has 0 spiro atoms. The minimum atomic E-state index is -0.653. The van der Waals surface area contributed by atoms with Crippen LogP contribution in [-0.2, 0) is 4.79 Å². The fourth-order valence-corrected chi connectivity index (χ4v) is 4.10. The van der Waals surface area contributed by atoms with Gasteiger partial charge in [-0.25, -0.2) is 0 Å². The Bertz CT molecular complexity index is 937. The van der Waals surface area contributed by atoms with E-state index in [0.717, 1.165) is 44.0 Å². The number of piperazine rings is 1.